The summed E-state index contributed by atoms with van der Waals surface area (Å²) in [7, 11) is 0. The summed E-state index contributed by atoms with van der Waals surface area (Å²) >= 11 is 0. The Bertz CT molecular complexity index is 1170. The lowest BCUT2D eigenvalue weighted by Gasteiger charge is -2.14. The predicted molar refractivity (Wildman–Crippen MR) is 120 cm³/mol. The summed E-state index contributed by atoms with van der Waals surface area (Å²) in [5.74, 6) is -0.0924. The van der Waals surface area contributed by atoms with Gasteiger partial charge >= 0.3 is 0 Å². The lowest BCUT2D eigenvalue weighted by atomic mass is 10.1. The number of aromatic nitrogens is 1. The molecular weight excluding hydrogens is 358 g/mol. The molecule has 29 heavy (non-hydrogen) atoms. The molecule has 1 amide bonds. The minimum absolute atomic E-state index is 0.0924. The van der Waals surface area contributed by atoms with Gasteiger partial charge in [0.2, 0.25) is 0 Å². The second-order valence-electron chi connectivity index (χ2n) is 7.58. The van der Waals surface area contributed by atoms with Gasteiger partial charge in [0, 0.05) is 17.1 Å². The summed E-state index contributed by atoms with van der Waals surface area (Å²) in [6.07, 6.45) is 1.97. The molecule has 4 rings (SSSR count). The van der Waals surface area contributed by atoms with Gasteiger partial charge in [-0.3, -0.25) is 4.79 Å². The van der Waals surface area contributed by atoms with Crippen molar-refractivity contribution in [3.8, 4) is 5.69 Å². The molecule has 2 heterocycles. The number of hydrazone groups is 1. The molecule has 0 spiro atoms. The Morgan fingerprint density at radius 1 is 0.897 bits per heavy atom. The van der Waals surface area contributed by atoms with E-state index < -0.39 is 0 Å². The highest BCUT2D eigenvalue weighted by Crippen LogP contribution is 2.29. The number of hydrogen-bond donors (Lipinski definition) is 0. The van der Waals surface area contributed by atoms with Gasteiger partial charge in [0.1, 0.15) is 0 Å². The van der Waals surface area contributed by atoms with Crippen LogP contribution in [0.15, 0.2) is 65.3 Å². The Balaban J connectivity index is 1.76. The molecule has 0 saturated carbocycles. The fourth-order valence-electron chi connectivity index (χ4n) is 3.87. The van der Waals surface area contributed by atoms with Gasteiger partial charge in [-0.15, -0.1) is 0 Å². The van der Waals surface area contributed by atoms with Gasteiger partial charge in [-0.1, -0.05) is 30.3 Å². The van der Waals surface area contributed by atoms with E-state index in [2.05, 4.69) is 61.6 Å². The van der Waals surface area contributed by atoms with Crippen LogP contribution in [-0.4, -0.2) is 16.2 Å². The van der Waals surface area contributed by atoms with Crippen LogP contribution in [0.5, 0.6) is 0 Å². The Morgan fingerprint density at radius 2 is 1.62 bits per heavy atom. The number of amides is 1. The first-order valence-electron chi connectivity index (χ1n) is 9.81. The monoisotopic (exact) mass is 383 g/mol. The van der Waals surface area contributed by atoms with E-state index in [0.717, 1.165) is 28.4 Å². The third-order valence-electron chi connectivity index (χ3n) is 5.65. The van der Waals surface area contributed by atoms with E-state index in [9.17, 15) is 4.79 Å². The first-order chi connectivity index (χ1) is 13.9. The van der Waals surface area contributed by atoms with Crippen LogP contribution in [0, 0.1) is 27.7 Å². The number of rotatable bonds is 3. The smallest absolute Gasteiger partial charge is 0.280 e. The molecular formula is C25H25N3O. The van der Waals surface area contributed by atoms with Crippen molar-refractivity contribution in [1.82, 2.24) is 4.57 Å². The molecule has 1 aromatic heterocycles. The molecule has 0 aliphatic carbocycles. The molecule has 3 aromatic rings. The summed E-state index contributed by atoms with van der Waals surface area (Å²) in [5, 5.41) is 5.96. The summed E-state index contributed by atoms with van der Waals surface area (Å²) in [6, 6.07) is 18.0. The van der Waals surface area contributed by atoms with Crippen molar-refractivity contribution in [2.24, 2.45) is 5.10 Å². The maximum Gasteiger partial charge on any atom is 0.280 e. The van der Waals surface area contributed by atoms with Crippen LogP contribution in [0.4, 0.5) is 5.69 Å². The van der Waals surface area contributed by atoms with E-state index in [4.69, 9.17) is 0 Å². The van der Waals surface area contributed by atoms with Crippen LogP contribution in [0.1, 0.15) is 35.0 Å². The Kier molecular flexibility index (Phi) is 4.71. The molecule has 1 aliphatic heterocycles. The van der Waals surface area contributed by atoms with Gasteiger partial charge in [0.05, 0.1) is 17.0 Å². The number of benzene rings is 2. The first kappa shape index (κ1) is 18.9. The minimum Gasteiger partial charge on any atom is -0.318 e. The summed E-state index contributed by atoms with van der Waals surface area (Å²) in [4.78, 5) is 13.0. The largest absolute Gasteiger partial charge is 0.318 e. The number of nitrogens with zero attached hydrogens (tertiary/aromatic N) is 3. The van der Waals surface area contributed by atoms with Crippen molar-refractivity contribution >= 4 is 23.4 Å². The quantitative estimate of drug-likeness (QED) is 0.549. The molecule has 0 N–H and O–H groups in total. The zero-order valence-electron chi connectivity index (χ0n) is 17.5. The number of hydrogen-bond acceptors (Lipinski definition) is 2. The standard InChI is InChI=1S/C25H25N3O/c1-16-10-9-13-24(18(16)3)27-17(2)14-21(20(27)5)15-23-19(4)26-28(25(23)29)22-11-7-6-8-12-22/h6-15H,1-5H3/b23-15-. The topological polar surface area (TPSA) is 37.6 Å². The Hall–Kier alpha value is -3.40. The maximum absolute atomic E-state index is 13.0. The zero-order chi connectivity index (χ0) is 20.7. The van der Waals surface area contributed by atoms with Crippen LogP contribution < -0.4 is 5.01 Å². The van der Waals surface area contributed by atoms with Crippen LogP contribution in [-0.2, 0) is 4.79 Å². The van der Waals surface area contributed by atoms with Gasteiger partial charge in [0.15, 0.2) is 0 Å². The summed E-state index contributed by atoms with van der Waals surface area (Å²) < 4.78 is 2.26. The van der Waals surface area contributed by atoms with Gasteiger partial charge < -0.3 is 4.57 Å². The lowest BCUT2D eigenvalue weighted by Crippen LogP contribution is -2.21. The number of carbonyl (C=O) groups is 1. The van der Waals surface area contributed by atoms with E-state index >= 15 is 0 Å². The highest BCUT2D eigenvalue weighted by Gasteiger charge is 2.29. The molecule has 2 aromatic carbocycles. The van der Waals surface area contributed by atoms with E-state index in [0.29, 0.717) is 5.57 Å². The zero-order valence-corrected chi connectivity index (χ0v) is 17.5. The van der Waals surface area contributed by atoms with Gasteiger partial charge in [-0.05, 0) is 81.7 Å². The fraction of sp³-hybridized carbons (Fsp3) is 0.200. The normalized spacial score (nSPS) is 15.3. The van der Waals surface area contributed by atoms with E-state index in [1.165, 1.54) is 21.8 Å². The molecule has 0 saturated heterocycles. The van der Waals surface area contributed by atoms with Gasteiger partial charge in [-0.2, -0.15) is 10.1 Å². The molecule has 0 bridgehead atoms. The van der Waals surface area contributed by atoms with Crippen LogP contribution >= 0.6 is 0 Å². The average Bonchev–Trinajstić information content (AvgIpc) is 3.15. The molecule has 0 fully saturated rings. The fourth-order valence-corrected chi connectivity index (χ4v) is 3.87. The number of aryl methyl sites for hydroxylation is 2. The third-order valence-corrected chi connectivity index (χ3v) is 5.65. The molecule has 0 unspecified atom stereocenters. The lowest BCUT2D eigenvalue weighted by molar-refractivity contribution is -0.114. The summed E-state index contributed by atoms with van der Waals surface area (Å²) in [6.45, 7) is 10.4. The second kappa shape index (κ2) is 7.21. The van der Waals surface area contributed by atoms with Crippen molar-refractivity contribution in [2.75, 3.05) is 5.01 Å². The van der Waals surface area contributed by atoms with E-state index in [1.54, 1.807) is 0 Å². The van der Waals surface area contributed by atoms with E-state index in [-0.39, 0.29) is 5.91 Å². The van der Waals surface area contributed by atoms with Crippen molar-refractivity contribution in [1.29, 1.82) is 0 Å². The molecule has 1 aliphatic rings. The van der Waals surface area contributed by atoms with Crippen molar-refractivity contribution in [2.45, 2.75) is 34.6 Å². The van der Waals surface area contributed by atoms with E-state index in [1.807, 2.05) is 43.3 Å². The van der Waals surface area contributed by atoms with Crippen LogP contribution in [0.25, 0.3) is 11.8 Å². The minimum atomic E-state index is -0.0924. The summed E-state index contributed by atoms with van der Waals surface area (Å²) in [5.41, 5.74) is 9.15. The van der Waals surface area contributed by atoms with Crippen molar-refractivity contribution in [3.05, 3.63) is 88.2 Å². The molecule has 4 nitrogen and oxygen atoms in total. The highest BCUT2D eigenvalue weighted by atomic mass is 16.2. The van der Waals surface area contributed by atoms with Gasteiger partial charge in [0.25, 0.3) is 5.91 Å². The number of para-hydroxylation sites is 1. The van der Waals surface area contributed by atoms with Crippen molar-refractivity contribution < 1.29 is 4.79 Å². The maximum atomic E-state index is 13.0. The number of anilines is 1. The first-order valence-corrected chi connectivity index (χ1v) is 9.81. The second-order valence-corrected chi connectivity index (χ2v) is 7.58. The predicted octanol–water partition coefficient (Wildman–Crippen LogP) is 5.52. The van der Waals surface area contributed by atoms with Crippen molar-refractivity contribution in [3.63, 3.8) is 0 Å². The van der Waals surface area contributed by atoms with Gasteiger partial charge in [-0.25, -0.2) is 0 Å². The molecule has 146 valence electrons. The SMILES string of the molecule is CC1=NN(c2ccccc2)C(=O)/C1=C\c1cc(C)n(-c2cccc(C)c2C)c1C. The Morgan fingerprint density at radius 3 is 2.34 bits per heavy atom. The van der Waals surface area contributed by atoms with Crippen LogP contribution in [0.3, 0.4) is 0 Å². The highest BCUT2D eigenvalue weighted by molar-refractivity contribution is 6.32. The molecule has 0 radical (unpaired) electrons. The average molecular weight is 383 g/mol. The third kappa shape index (κ3) is 3.21. The number of carbonyl (C=O) groups excluding carboxylic acids is 1. The van der Waals surface area contributed by atoms with Crippen LogP contribution in [0.2, 0.25) is 0 Å². The Labute approximate surface area is 171 Å². The molecule has 0 atom stereocenters. The molecule has 4 heteroatoms.